The maximum atomic E-state index is 11.4. The van der Waals surface area contributed by atoms with Crippen molar-refractivity contribution in [1.29, 1.82) is 0 Å². The van der Waals surface area contributed by atoms with Gasteiger partial charge >= 0.3 is 5.97 Å². The maximum Gasteiger partial charge on any atom is 0.363 e. The van der Waals surface area contributed by atoms with Crippen LogP contribution in [0.4, 0.5) is 0 Å². The van der Waals surface area contributed by atoms with Crippen molar-refractivity contribution in [1.82, 2.24) is 0 Å². The van der Waals surface area contributed by atoms with Gasteiger partial charge in [-0.05, 0) is 29.8 Å². The summed E-state index contributed by atoms with van der Waals surface area (Å²) < 4.78 is 8.41. The highest BCUT2D eigenvalue weighted by Crippen LogP contribution is 2.29. The number of hydrogen-bond acceptors (Lipinski definition) is 3. The van der Waals surface area contributed by atoms with Crippen molar-refractivity contribution in [2.75, 3.05) is 0 Å². The molecule has 0 atom stereocenters. The van der Waals surface area contributed by atoms with Gasteiger partial charge in [0.15, 0.2) is 0 Å². The third-order valence-electron chi connectivity index (χ3n) is 2.51. The third-order valence-corrected chi connectivity index (χ3v) is 2.98. The second kappa shape index (κ2) is 7.03. The molecule has 0 aliphatic carbocycles. The molecule has 0 N–H and O–H groups in total. The van der Waals surface area contributed by atoms with Crippen molar-refractivity contribution in [2.24, 2.45) is 0 Å². The minimum absolute atomic E-state index is 0.276. The third kappa shape index (κ3) is 5.12. The molecule has 0 aliphatic heterocycles. The van der Waals surface area contributed by atoms with Crippen LogP contribution in [0.1, 0.15) is 5.56 Å². The predicted octanol–water partition coefficient (Wildman–Crippen LogP) is 4.54. The first-order valence-electron chi connectivity index (χ1n) is 6.01. The van der Waals surface area contributed by atoms with Crippen LogP contribution in [0, 0.1) is 0 Å². The van der Waals surface area contributed by atoms with E-state index >= 15 is 0 Å². The predicted molar refractivity (Wildman–Crippen MR) is 83.1 cm³/mol. The van der Waals surface area contributed by atoms with E-state index in [0.717, 1.165) is 5.56 Å². The van der Waals surface area contributed by atoms with Crippen molar-refractivity contribution < 1.29 is 14.3 Å². The number of benzene rings is 2. The quantitative estimate of drug-likeness (QED) is 0.463. The van der Waals surface area contributed by atoms with Crippen LogP contribution in [0.25, 0.3) is 0 Å². The fourth-order valence-electron chi connectivity index (χ4n) is 1.51. The van der Waals surface area contributed by atoms with Gasteiger partial charge in [-0.15, -0.1) is 0 Å². The Morgan fingerprint density at radius 3 is 2.05 bits per heavy atom. The lowest BCUT2D eigenvalue weighted by molar-refractivity contribution is -0.133. The first kappa shape index (κ1) is 16.0. The normalized spacial score (nSPS) is 11.0. The molecule has 0 aromatic heterocycles. The standard InChI is InChI=1S/C15H11Cl3O3/c16-15(17,18)14(19)21-13-8-6-12(7-9-13)20-10-11-4-2-1-3-5-11/h1-9H,10H2. The van der Waals surface area contributed by atoms with E-state index < -0.39 is 9.76 Å². The molecule has 110 valence electrons. The molecule has 21 heavy (non-hydrogen) atoms. The van der Waals surface area contributed by atoms with Crippen LogP contribution in [-0.4, -0.2) is 9.76 Å². The lowest BCUT2D eigenvalue weighted by Gasteiger charge is -2.11. The molecule has 0 unspecified atom stereocenters. The molecule has 0 aliphatic rings. The molecule has 0 heterocycles. The fraction of sp³-hybridized carbons (Fsp3) is 0.133. The molecule has 2 aromatic rings. The molecule has 0 bridgehead atoms. The van der Waals surface area contributed by atoms with E-state index in [1.807, 2.05) is 30.3 Å². The van der Waals surface area contributed by atoms with Crippen molar-refractivity contribution in [3.8, 4) is 11.5 Å². The van der Waals surface area contributed by atoms with E-state index in [4.69, 9.17) is 44.3 Å². The summed E-state index contributed by atoms with van der Waals surface area (Å²) in [6, 6.07) is 16.2. The average Bonchev–Trinajstić information content (AvgIpc) is 2.46. The van der Waals surface area contributed by atoms with Gasteiger partial charge in [-0.25, -0.2) is 4.79 Å². The summed E-state index contributed by atoms with van der Waals surface area (Å²) in [5.41, 5.74) is 1.06. The Hall–Kier alpha value is -1.42. The minimum atomic E-state index is -2.09. The summed E-state index contributed by atoms with van der Waals surface area (Å²) in [7, 11) is 0. The lowest BCUT2D eigenvalue weighted by Crippen LogP contribution is -2.24. The summed E-state index contributed by atoms with van der Waals surface area (Å²) in [6.07, 6.45) is 0. The zero-order chi connectivity index (χ0) is 15.3. The molecule has 3 nitrogen and oxygen atoms in total. The number of carbonyl (C=O) groups is 1. The average molecular weight is 346 g/mol. The molecule has 6 heteroatoms. The molecule has 0 spiro atoms. The van der Waals surface area contributed by atoms with Crippen LogP contribution in [-0.2, 0) is 11.4 Å². The molecular formula is C15H11Cl3O3. The number of hydrogen-bond donors (Lipinski definition) is 0. The molecule has 0 amide bonds. The van der Waals surface area contributed by atoms with Gasteiger partial charge in [0.2, 0.25) is 0 Å². The zero-order valence-electron chi connectivity index (χ0n) is 10.8. The molecule has 0 fully saturated rings. The molecule has 0 radical (unpaired) electrons. The second-order valence-corrected chi connectivity index (χ2v) is 6.41. The van der Waals surface area contributed by atoms with E-state index in [-0.39, 0.29) is 5.75 Å². The van der Waals surface area contributed by atoms with Crippen LogP contribution >= 0.6 is 34.8 Å². The molecule has 2 aromatic carbocycles. The van der Waals surface area contributed by atoms with Crippen molar-refractivity contribution >= 4 is 40.8 Å². The van der Waals surface area contributed by atoms with E-state index in [2.05, 4.69) is 0 Å². The number of alkyl halides is 3. The molecule has 0 saturated carbocycles. The Kier molecular flexibility index (Phi) is 5.34. The van der Waals surface area contributed by atoms with Crippen molar-refractivity contribution in [3.05, 3.63) is 60.2 Å². The van der Waals surface area contributed by atoms with Crippen molar-refractivity contribution in [3.63, 3.8) is 0 Å². The van der Waals surface area contributed by atoms with Gasteiger partial charge in [-0.1, -0.05) is 65.1 Å². The first-order valence-corrected chi connectivity index (χ1v) is 7.14. The molecule has 0 saturated heterocycles. The van der Waals surface area contributed by atoms with Gasteiger partial charge in [0.25, 0.3) is 3.79 Å². The number of carbonyl (C=O) groups excluding carboxylic acids is 1. The summed E-state index contributed by atoms with van der Waals surface area (Å²) in [4.78, 5) is 11.4. The van der Waals surface area contributed by atoms with Gasteiger partial charge < -0.3 is 9.47 Å². The summed E-state index contributed by atoms with van der Waals surface area (Å²) >= 11 is 16.2. The Morgan fingerprint density at radius 1 is 0.905 bits per heavy atom. The Morgan fingerprint density at radius 2 is 1.48 bits per heavy atom. The van der Waals surface area contributed by atoms with Gasteiger partial charge in [0, 0.05) is 0 Å². The van der Waals surface area contributed by atoms with Crippen molar-refractivity contribution in [2.45, 2.75) is 10.4 Å². The van der Waals surface area contributed by atoms with Gasteiger partial charge in [0.05, 0.1) is 0 Å². The Labute approximate surface area is 137 Å². The summed E-state index contributed by atoms with van der Waals surface area (Å²) in [6.45, 7) is 0.453. The lowest BCUT2D eigenvalue weighted by atomic mass is 10.2. The smallest absolute Gasteiger partial charge is 0.363 e. The monoisotopic (exact) mass is 344 g/mol. The van der Waals surface area contributed by atoms with Crippen LogP contribution < -0.4 is 9.47 Å². The topological polar surface area (TPSA) is 35.5 Å². The Balaban J connectivity index is 1.92. The molecular weight excluding hydrogens is 335 g/mol. The number of halogens is 3. The Bertz CT molecular complexity index is 592. The highest BCUT2D eigenvalue weighted by molar-refractivity contribution is 6.75. The van der Waals surface area contributed by atoms with Gasteiger partial charge in [-0.2, -0.15) is 0 Å². The number of rotatable bonds is 4. The highest BCUT2D eigenvalue weighted by atomic mass is 35.6. The summed E-state index contributed by atoms with van der Waals surface area (Å²) in [5, 5.41) is 0. The number of ether oxygens (including phenoxy) is 2. The fourth-order valence-corrected chi connectivity index (χ4v) is 1.63. The summed E-state index contributed by atoms with van der Waals surface area (Å²) in [5.74, 6) is -0.0311. The second-order valence-electron chi connectivity index (χ2n) is 4.13. The van der Waals surface area contributed by atoms with Crippen LogP contribution in [0.3, 0.4) is 0 Å². The van der Waals surface area contributed by atoms with E-state index in [1.54, 1.807) is 24.3 Å². The van der Waals surface area contributed by atoms with Gasteiger partial charge in [-0.3, -0.25) is 0 Å². The number of esters is 1. The zero-order valence-corrected chi connectivity index (χ0v) is 13.0. The minimum Gasteiger partial charge on any atom is -0.489 e. The van der Waals surface area contributed by atoms with E-state index in [0.29, 0.717) is 12.4 Å². The van der Waals surface area contributed by atoms with E-state index in [1.165, 1.54) is 0 Å². The maximum absolute atomic E-state index is 11.4. The van der Waals surface area contributed by atoms with E-state index in [9.17, 15) is 4.79 Å². The van der Waals surface area contributed by atoms with Gasteiger partial charge in [0.1, 0.15) is 18.1 Å². The largest absolute Gasteiger partial charge is 0.489 e. The molecule has 2 rings (SSSR count). The first-order chi connectivity index (χ1) is 9.95. The van der Waals surface area contributed by atoms with Crippen LogP contribution in [0.2, 0.25) is 0 Å². The highest BCUT2D eigenvalue weighted by Gasteiger charge is 2.33. The van der Waals surface area contributed by atoms with Crippen LogP contribution in [0.15, 0.2) is 54.6 Å². The SMILES string of the molecule is O=C(Oc1ccc(OCc2ccccc2)cc1)C(Cl)(Cl)Cl. The van der Waals surface area contributed by atoms with Crippen LogP contribution in [0.5, 0.6) is 11.5 Å².